The largest absolute Gasteiger partial charge is 0.419 e. The standard InChI is InChI=1S/C14H13F4N3/c1-20-12(9-5-3-7-21-13(9)19)8-4-2-6-10(11(8)15)14(16,17)18/h2-7,12,20H,1H3,(H2,19,21). The molecule has 0 aliphatic rings. The molecule has 2 rings (SSSR count). The van der Waals surface area contributed by atoms with Crippen molar-refractivity contribution in [3.63, 3.8) is 0 Å². The third-order valence-electron chi connectivity index (χ3n) is 3.12. The zero-order valence-electron chi connectivity index (χ0n) is 11.1. The van der Waals surface area contributed by atoms with Gasteiger partial charge in [0.25, 0.3) is 0 Å². The summed E-state index contributed by atoms with van der Waals surface area (Å²) in [6.45, 7) is 0. The van der Waals surface area contributed by atoms with Gasteiger partial charge in [0.2, 0.25) is 0 Å². The number of nitrogens with one attached hydrogen (secondary N) is 1. The van der Waals surface area contributed by atoms with Gasteiger partial charge in [-0.1, -0.05) is 18.2 Å². The zero-order chi connectivity index (χ0) is 15.6. The second-order valence-electron chi connectivity index (χ2n) is 4.41. The molecule has 1 aromatic carbocycles. The highest BCUT2D eigenvalue weighted by Crippen LogP contribution is 2.35. The van der Waals surface area contributed by atoms with Gasteiger partial charge in [-0.15, -0.1) is 0 Å². The number of pyridine rings is 1. The van der Waals surface area contributed by atoms with Crippen LogP contribution in [-0.2, 0) is 6.18 Å². The lowest BCUT2D eigenvalue weighted by Gasteiger charge is -2.20. The van der Waals surface area contributed by atoms with Crippen molar-refractivity contribution in [1.29, 1.82) is 0 Å². The molecular formula is C14H13F4N3. The summed E-state index contributed by atoms with van der Waals surface area (Å²) in [5.74, 6) is -1.18. The highest BCUT2D eigenvalue weighted by atomic mass is 19.4. The third-order valence-corrected chi connectivity index (χ3v) is 3.12. The monoisotopic (exact) mass is 299 g/mol. The summed E-state index contributed by atoms with van der Waals surface area (Å²) in [6.07, 6.45) is -3.30. The highest BCUT2D eigenvalue weighted by molar-refractivity contribution is 5.46. The van der Waals surface area contributed by atoms with Gasteiger partial charge in [-0.2, -0.15) is 13.2 Å². The maximum absolute atomic E-state index is 14.2. The summed E-state index contributed by atoms with van der Waals surface area (Å²) in [5, 5.41) is 2.77. The van der Waals surface area contributed by atoms with E-state index in [0.29, 0.717) is 11.6 Å². The van der Waals surface area contributed by atoms with E-state index in [9.17, 15) is 17.6 Å². The van der Waals surface area contributed by atoms with Crippen LogP contribution in [-0.4, -0.2) is 12.0 Å². The molecule has 1 heterocycles. The molecule has 7 heteroatoms. The van der Waals surface area contributed by atoms with Crippen LogP contribution >= 0.6 is 0 Å². The van der Waals surface area contributed by atoms with Gasteiger partial charge in [0.1, 0.15) is 11.6 Å². The van der Waals surface area contributed by atoms with Gasteiger partial charge in [-0.05, 0) is 19.2 Å². The van der Waals surface area contributed by atoms with E-state index in [0.717, 1.165) is 6.07 Å². The lowest BCUT2D eigenvalue weighted by Crippen LogP contribution is -2.22. The molecule has 0 aliphatic carbocycles. The van der Waals surface area contributed by atoms with Gasteiger partial charge in [0.15, 0.2) is 0 Å². The van der Waals surface area contributed by atoms with Gasteiger partial charge >= 0.3 is 6.18 Å². The van der Waals surface area contributed by atoms with Crippen LogP contribution in [0.3, 0.4) is 0 Å². The predicted molar refractivity (Wildman–Crippen MR) is 71.0 cm³/mol. The Morgan fingerprint density at radius 2 is 1.81 bits per heavy atom. The van der Waals surface area contributed by atoms with E-state index in [1.54, 1.807) is 12.1 Å². The molecule has 0 radical (unpaired) electrons. The minimum Gasteiger partial charge on any atom is -0.383 e. The lowest BCUT2D eigenvalue weighted by molar-refractivity contribution is -0.140. The first kappa shape index (κ1) is 15.2. The molecule has 0 saturated carbocycles. The molecule has 3 nitrogen and oxygen atoms in total. The first-order chi connectivity index (χ1) is 9.86. The fourth-order valence-corrected chi connectivity index (χ4v) is 2.14. The summed E-state index contributed by atoms with van der Waals surface area (Å²) in [6, 6.07) is 5.51. The average Bonchev–Trinajstić information content (AvgIpc) is 2.42. The minimum absolute atomic E-state index is 0.132. The molecule has 0 bridgehead atoms. The summed E-state index contributed by atoms with van der Waals surface area (Å²) in [5.41, 5.74) is 4.69. The minimum atomic E-state index is -4.75. The maximum Gasteiger partial charge on any atom is 0.419 e. The van der Waals surface area contributed by atoms with Gasteiger partial charge in [0.05, 0.1) is 11.6 Å². The molecule has 0 spiro atoms. The van der Waals surface area contributed by atoms with Crippen molar-refractivity contribution < 1.29 is 17.6 Å². The number of benzene rings is 1. The number of hydrogen-bond acceptors (Lipinski definition) is 3. The van der Waals surface area contributed by atoms with Crippen molar-refractivity contribution in [2.24, 2.45) is 0 Å². The van der Waals surface area contributed by atoms with Gasteiger partial charge in [0, 0.05) is 17.3 Å². The molecule has 1 aromatic heterocycles. The van der Waals surface area contributed by atoms with Crippen LogP contribution in [0.2, 0.25) is 0 Å². The van der Waals surface area contributed by atoms with E-state index in [2.05, 4.69) is 10.3 Å². The smallest absolute Gasteiger partial charge is 0.383 e. The number of nitrogen functional groups attached to an aromatic ring is 1. The van der Waals surface area contributed by atoms with Crippen LogP contribution in [0.5, 0.6) is 0 Å². The molecule has 21 heavy (non-hydrogen) atoms. The second-order valence-corrected chi connectivity index (χ2v) is 4.41. The molecule has 112 valence electrons. The molecule has 0 amide bonds. The Hall–Kier alpha value is -2.15. The topological polar surface area (TPSA) is 50.9 Å². The number of alkyl halides is 3. The van der Waals surface area contributed by atoms with Crippen molar-refractivity contribution in [2.45, 2.75) is 12.2 Å². The van der Waals surface area contributed by atoms with Crippen molar-refractivity contribution in [1.82, 2.24) is 10.3 Å². The van der Waals surface area contributed by atoms with Crippen LogP contribution in [0.15, 0.2) is 36.5 Å². The van der Waals surface area contributed by atoms with Gasteiger partial charge in [-0.25, -0.2) is 9.37 Å². The first-order valence-corrected chi connectivity index (χ1v) is 6.09. The van der Waals surface area contributed by atoms with Crippen LogP contribution in [0.1, 0.15) is 22.7 Å². The summed E-state index contributed by atoms with van der Waals surface area (Å²) >= 11 is 0. The van der Waals surface area contributed by atoms with Crippen LogP contribution in [0.4, 0.5) is 23.4 Å². The number of hydrogen-bond donors (Lipinski definition) is 2. The SMILES string of the molecule is CNC(c1cccnc1N)c1cccc(C(F)(F)F)c1F. The van der Waals surface area contributed by atoms with E-state index < -0.39 is 23.6 Å². The number of nitrogens with zero attached hydrogens (tertiary/aromatic N) is 1. The zero-order valence-corrected chi connectivity index (χ0v) is 11.1. The Labute approximate surface area is 118 Å². The molecule has 2 aromatic rings. The Bertz CT molecular complexity index is 640. The van der Waals surface area contributed by atoms with Crippen LogP contribution in [0, 0.1) is 5.82 Å². The number of anilines is 1. The summed E-state index contributed by atoms with van der Waals surface area (Å²) in [4.78, 5) is 3.87. The second kappa shape index (κ2) is 5.69. The normalized spacial score (nSPS) is 13.2. The van der Waals surface area contributed by atoms with Crippen LogP contribution < -0.4 is 11.1 Å². The molecule has 0 saturated heterocycles. The Kier molecular flexibility index (Phi) is 4.13. The average molecular weight is 299 g/mol. The molecule has 1 unspecified atom stereocenters. The van der Waals surface area contributed by atoms with E-state index in [-0.39, 0.29) is 11.4 Å². The van der Waals surface area contributed by atoms with Gasteiger partial charge in [-0.3, -0.25) is 0 Å². The van der Waals surface area contributed by atoms with Crippen molar-refractivity contribution in [3.8, 4) is 0 Å². The van der Waals surface area contributed by atoms with Crippen molar-refractivity contribution in [2.75, 3.05) is 12.8 Å². The molecule has 1 atom stereocenters. The fraction of sp³-hybridized carbons (Fsp3) is 0.214. The van der Waals surface area contributed by atoms with E-state index in [1.165, 1.54) is 19.3 Å². The fourth-order valence-electron chi connectivity index (χ4n) is 2.14. The third kappa shape index (κ3) is 2.97. The number of nitrogens with two attached hydrogens (primary N) is 1. The van der Waals surface area contributed by atoms with Crippen molar-refractivity contribution in [3.05, 3.63) is 59.0 Å². The van der Waals surface area contributed by atoms with Gasteiger partial charge < -0.3 is 11.1 Å². The Balaban J connectivity index is 2.57. The lowest BCUT2D eigenvalue weighted by atomic mass is 9.96. The summed E-state index contributed by atoms with van der Waals surface area (Å²) < 4.78 is 52.5. The molecule has 0 fully saturated rings. The molecule has 0 aliphatic heterocycles. The number of aromatic nitrogens is 1. The quantitative estimate of drug-likeness (QED) is 0.856. The maximum atomic E-state index is 14.2. The summed E-state index contributed by atoms with van der Waals surface area (Å²) in [7, 11) is 1.51. The number of halogens is 4. The van der Waals surface area contributed by atoms with E-state index in [4.69, 9.17) is 5.73 Å². The van der Waals surface area contributed by atoms with E-state index >= 15 is 0 Å². The highest BCUT2D eigenvalue weighted by Gasteiger charge is 2.36. The Morgan fingerprint density at radius 3 is 2.38 bits per heavy atom. The molecular weight excluding hydrogens is 286 g/mol. The van der Waals surface area contributed by atoms with Crippen molar-refractivity contribution >= 4 is 5.82 Å². The molecule has 3 N–H and O–H groups in total. The van der Waals surface area contributed by atoms with E-state index in [1.807, 2.05) is 0 Å². The predicted octanol–water partition coefficient (Wildman–Crippen LogP) is 3.13. The number of rotatable bonds is 3. The Morgan fingerprint density at radius 1 is 1.14 bits per heavy atom. The first-order valence-electron chi connectivity index (χ1n) is 6.09. The van der Waals surface area contributed by atoms with Crippen LogP contribution in [0.25, 0.3) is 0 Å².